The van der Waals surface area contributed by atoms with Crippen molar-refractivity contribution in [3.63, 3.8) is 0 Å². The first kappa shape index (κ1) is 19.2. The topological polar surface area (TPSA) is 56.9 Å². The molecular weight excluding hydrogens is 366 g/mol. The van der Waals surface area contributed by atoms with E-state index in [0.717, 1.165) is 24.9 Å². The van der Waals surface area contributed by atoms with E-state index in [1.165, 1.54) is 35.1 Å². The van der Waals surface area contributed by atoms with Gasteiger partial charge in [-0.3, -0.25) is 4.79 Å². The lowest BCUT2D eigenvalue weighted by Gasteiger charge is -2.25. The molecule has 2 atom stereocenters. The van der Waals surface area contributed by atoms with Gasteiger partial charge in [0.05, 0.1) is 6.04 Å². The molecule has 1 aliphatic rings. The summed E-state index contributed by atoms with van der Waals surface area (Å²) < 4.78 is 0. The van der Waals surface area contributed by atoms with Crippen LogP contribution in [-0.4, -0.2) is 29.5 Å². The number of carbonyl (C=O) groups is 1. The van der Waals surface area contributed by atoms with Gasteiger partial charge in [0.25, 0.3) is 0 Å². The van der Waals surface area contributed by atoms with Crippen LogP contribution in [0.1, 0.15) is 55.4 Å². The fraction of sp³-hybridized carbons (Fsp3) is 0.435. The van der Waals surface area contributed by atoms with Gasteiger partial charge in [0.1, 0.15) is 0 Å². The molecule has 4 rings (SSSR count). The first-order valence-corrected chi connectivity index (χ1v) is 11.2. The molecule has 1 amide bonds. The number of carbonyl (C=O) groups excluding carboxylic acids is 1. The second-order valence-corrected chi connectivity index (χ2v) is 8.81. The molecule has 0 unspecified atom stereocenters. The predicted molar refractivity (Wildman–Crippen MR) is 117 cm³/mol. The molecule has 28 heavy (non-hydrogen) atoms. The van der Waals surface area contributed by atoms with Crippen LogP contribution in [-0.2, 0) is 4.79 Å². The number of benzene rings is 1. The third kappa shape index (κ3) is 4.31. The van der Waals surface area contributed by atoms with Crippen LogP contribution < -0.4 is 10.6 Å². The molecule has 4 nitrogen and oxygen atoms in total. The number of amides is 1. The highest BCUT2D eigenvalue weighted by atomic mass is 32.1. The van der Waals surface area contributed by atoms with E-state index in [1.54, 1.807) is 11.3 Å². The van der Waals surface area contributed by atoms with Gasteiger partial charge in [-0.2, -0.15) is 0 Å². The maximum Gasteiger partial charge on any atom is 0.237 e. The van der Waals surface area contributed by atoms with Crippen molar-refractivity contribution >= 4 is 28.1 Å². The zero-order chi connectivity index (χ0) is 19.3. The Morgan fingerprint density at radius 3 is 2.79 bits per heavy atom. The molecule has 1 aliphatic carbocycles. The van der Waals surface area contributed by atoms with Crippen LogP contribution in [0.3, 0.4) is 0 Å². The summed E-state index contributed by atoms with van der Waals surface area (Å²) in [6.45, 7) is 2.71. The summed E-state index contributed by atoms with van der Waals surface area (Å²) in [5.74, 6) is 0.344. The molecule has 2 heterocycles. The standard InChI is InChI=1S/C23H29N3OS/c1-16(23(27)26-17-8-3-2-4-9-17)24-15-20(22-12-7-13-28-22)19-14-25-21-11-6-5-10-18(19)21/h5-7,10-14,16-17,20,24-25H,2-4,8-9,15H2,1H3,(H,26,27)/t16-,20-/m1/s1. The summed E-state index contributed by atoms with van der Waals surface area (Å²) in [5, 5.41) is 10.1. The van der Waals surface area contributed by atoms with E-state index in [4.69, 9.17) is 0 Å². The summed E-state index contributed by atoms with van der Waals surface area (Å²) in [6, 6.07) is 12.9. The van der Waals surface area contributed by atoms with Gasteiger partial charge in [-0.05, 0) is 42.8 Å². The lowest BCUT2D eigenvalue weighted by Crippen LogP contribution is -2.47. The average Bonchev–Trinajstić information content (AvgIpc) is 3.40. The van der Waals surface area contributed by atoms with Gasteiger partial charge in [0, 0.05) is 40.5 Å². The van der Waals surface area contributed by atoms with E-state index in [1.807, 2.05) is 6.92 Å². The Morgan fingerprint density at radius 1 is 1.18 bits per heavy atom. The minimum Gasteiger partial charge on any atom is -0.361 e. The first-order valence-electron chi connectivity index (χ1n) is 10.4. The third-order valence-corrected chi connectivity index (χ3v) is 6.84. The van der Waals surface area contributed by atoms with Crippen molar-refractivity contribution in [1.29, 1.82) is 0 Å². The van der Waals surface area contributed by atoms with E-state index >= 15 is 0 Å². The molecule has 0 aliphatic heterocycles. The molecule has 5 heteroatoms. The highest BCUT2D eigenvalue weighted by Gasteiger charge is 2.23. The summed E-state index contributed by atoms with van der Waals surface area (Å²) in [4.78, 5) is 17.3. The van der Waals surface area contributed by atoms with Crippen LogP contribution in [0.25, 0.3) is 10.9 Å². The molecule has 1 aromatic carbocycles. The van der Waals surface area contributed by atoms with Crippen molar-refractivity contribution in [2.75, 3.05) is 6.54 Å². The number of fused-ring (bicyclic) bond motifs is 1. The number of aromatic nitrogens is 1. The van der Waals surface area contributed by atoms with E-state index in [0.29, 0.717) is 6.04 Å². The number of aromatic amines is 1. The number of H-pyrrole nitrogens is 1. The van der Waals surface area contributed by atoms with Crippen LogP contribution in [0, 0.1) is 0 Å². The fourth-order valence-electron chi connectivity index (χ4n) is 4.20. The van der Waals surface area contributed by atoms with Crippen LogP contribution >= 0.6 is 11.3 Å². The van der Waals surface area contributed by atoms with Gasteiger partial charge in [0.2, 0.25) is 5.91 Å². The van der Waals surface area contributed by atoms with Crippen molar-refractivity contribution in [1.82, 2.24) is 15.6 Å². The molecule has 0 radical (unpaired) electrons. The number of rotatable bonds is 7. The minimum atomic E-state index is -0.199. The maximum absolute atomic E-state index is 12.6. The summed E-state index contributed by atoms with van der Waals surface area (Å²) >= 11 is 1.77. The average molecular weight is 396 g/mol. The second-order valence-electron chi connectivity index (χ2n) is 7.83. The predicted octanol–water partition coefficient (Wildman–Crippen LogP) is 4.79. The maximum atomic E-state index is 12.6. The quantitative estimate of drug-likeness (QED) is 0.539. The zero-order valence-electron chi connectivity index (χ0n) is 16.4. The zero-order valence-corrected chi connectivity index (χ0v) is 17.2. The Bertz CT molecular complexity index is 896. The first-order chi connectivity index (χ1) is 13.7. The van der Waals surface area contributed by atoms with Crippen LogP contribution in [0.4, 0.5) is 0 Å². The number of hydrogen-bond donors (Lipinski definition) is 3. The molecule has 1 saturated carbocycles. The van der Waals surface area contributed by atoms with Gasteiger partial charge in [-0.15, -0.1) is 11.3 Å². The van der Waals surface area contributed by atoms with Crippen molar-refractivity contribution in [3.8, 4) is 0 Å². The van der Waals surface area contributed by atoms with Crippen LogP contribution in [0.15, 0.2) is 48.0 Å². The molecule has 1 fully saturated rings. The molecule has 0 bridgehead atoms. The van der Waals surface area contributed by atoms with Gasteiger partial charge >= 0.3 is 0 Å². The number of para-hydroxylation sites is 1. The number of hydrogen-bond acceptors (Lipinski definition) is 3. The lowest BCUT2D eigenvalue weighted by atomic mass is 9.95. The molecule has 3 N–H and O–H groups in total. The smallest absolute Gasteiger partial charge is 0.237 e. The van der Waals surface area contributed by atoms with Gasteiger partial charge in [-0.1, -0.05) is 43.5 Å². The van der Waals surface area contributed by atoms with E-state index < -0.39 is 0 Å². The van der Waals surface area contributed by atoms with Crippen molar-refractivity contribution in [3.05, 3.63) is 58.4 Å². The van der Waals surface area contributed by atoms with Gasteiger partial charge in [-0.25, -0.2) is 0 Å². The largest absolute Gasteiger partial charge is 0.361 e. The molecule has 0 saturated heterocycles. The molecule has 2 aromatic heterocycles. The summed E-state index contributed by atoms with van der Waals surface area (Å²) in [5.41, 5.74) is 2.44. The highest BCUT2D eigenvalue weighted by Crippen LogP contribution is 2.32. The van der Waals surface area contributed by atoms with E-state index in [2.05, 4.69) is 63.6 Å². The minimum absolute atomic E-state index is 0.121. The SMILES string of the molecule is C[C@@H](NC[C@@H](c1cccs1)c1c[nH]c2ccccc12)C(=O)NC1CCCCC1. The Morgan fingerprint density at radius 2 is 2.00 bits per heavy atom. The van der Waals surface area contributed by atoms with Crippen LogP contribution in [0.5, 0.6) is 0 Å². The number of nitrogens with one attached hydrogen (secondary N) is 3. The molecular formula is C23H29N3OS. The number of thiophene rings is 1. The highest BCUT2D eigenvalue weighted by molar-refractivity contribution is 7.10. The summed E-state index contributed by atoms with van der Waals surface area (Å²) in [6.07, 6.45) is 8.11. The second kappa shape index (κ2) is 8.93. The Hall–Kier alpha value is -2.11. The van der Waals surface area contributed by atoms with Gasteiger partial charge < -0.3 is 15.6 Å². The lowest BCUT2D eigenvalue weighted by molar-refractivity contribution is -0.123. The van der Waals surface area contributed by atoms with Crippen molar-refractivity contribution in [2.45, 2.75) is 57.0 Å². The molecule has 148 valence electrons. The molecule has 3 aromatic rings. The molecule has 0 spiro atoms. The van der Waals surface area contributed by atoms with Crippen molar-refractivity contribution in [2.24, 2.45) is 0 Å². The monoisotopic (exact) mass is 395 g/mol. The third-order valence-electron chi connectivity index (χ3n) is 5.86. The summed E-state index contributed by atoms with van der Waals surface area (Å²) in [7, 11) is 0. The Labute approximate surface area is 170 Å². The normalized spacial score (nSPS) is 17.5. The van der Waals surface area contributed by atoms with Crippen LogP contribution in [0.2, 0.25) is 0 Å². The van der Waals surface area contributed by atoms with Crippen molar-refractivity contribution < 1.29 is 4.79 Å². The van der Waals surface area contributed by atoms with Gasteiger partial charge in [0.15, 0.2) is 0 Å². The Kier molecular flexibility index (Phi) is 6.13. The van der Waals surface area contributed by atoms with E-state index in [-0.39, 0.29) is 17.9 Å². The van der Waals surface area contributed by atoms with E-state index in [9.17, 15) is 4.79 Å². The fourth-order valence-corrected chi connectivity index (χ4v) is 5.04. The Balaban J connectivity index is 1.45.